The van der Waals surface area contributed by atoms with Crippen LogP contribution in [0.4, 0.5) is 11.8 Å². The Bertz CT molecular complexity index is 848. The second-order valence-corrected chi connectivity index (χ2v) is 7.04. The molecule has 1 aliphatic heterocycles. The first-order valence-electron chi connectivity index (χ1n) is 8.85. The van der Waals surface area contributed by atoms with Gasteiger partial charge in [0.25, 0.3) is 0 Å². The number of hydrogen-bond donors (Lipinski definition) is 2. The Morgan fingerprint density at radius 2 is 1.92 bits per heavy atom. The Kier molecular flexibility index (Phi) is 3.97. The van der Waals surface area contributed by atoms with Crippen molar-refractivity contribution in [2.24, 2.45) is 5.92 Å². The molecule has 3 N–H and O–H groups in total. The van der Waals surface area contributed by atoms with E-state index < -0.39 is 5.41 Å². The summed E-state index contributed by atoms with van der Waals surface area (Å²) >= 11 is 0. The maximum absolute atomic E-state index is 13.3. The molecule has 1 atom stereocenters. The molecular formula is C18H22N6O2. The highest BCUT2D eigenvalue weighted by atomic mass is 16.5. The van der Waals surface area contributed by atoms with E-state index in [1.165, 1.54) is 7.11 Å². The smallest absolute Gasteiger partial charge is 0.316 e. The number of fused-ring (bicyclic) bond motifs is 1. The van der Waals surface area contributed by atoms with Crippen LogP contribution >= 0.6 is 0 Å². The number of carbonyl (C=O) groups is 1. The van der Waals surface area contributed by atoms with Crippen LogP contribution in [0.5, 0.6) is 6.01 Å². The van der Waals surface area contributed by atoms with Crippen LogP contribution in [0.1, 0.15) is 42.5 Å². The zero-order chi connectivity index (χ0) is 18.3. The molecule has 2 aliphatic rings. The number of anilines is 2. The van der Waals surface area contributed by atoms with E-state index in [0.717, 1.165) is 42.5 Å². The van der Waals surface area contributed by atoms with Crippen LogP contribution in [-0.2, 0) is 16.6 Å². The van der Waals surface area contributed by atoms with Crippen LogP contribution in [0.3, 0.4) is 0 Å². The molecule has 4 rings (SSSR count). The summed E-state index contributed by atoms with van der Waals surface area (Å²) in [4.78, 5) is 30.4. The van der Waals surface area contributed by atoms with Gasteiger partial charge in [0.15, 0.2) is 0 Å². The number of carbonyl (C=O) groups excluding carboxylic acids is 1. The molecule has 8 nitrogen and oxygen atoms in total. The molecule has 1 amide bonds. The number of nitrogens with zero attached hydrogens (tertiary/aromatic N) is 4. The second-order valence-electron chi connectivity index (χ2n) is 7.04. The number of ether oxygens (including phenoxy) is 1. The first-order valence-corrected chi connectivity index (χ1v) is 8.85. The van der Waals surface area contributed by atoms with Gasteiger partial charge in [-0.3, -0.25) is 4.79 Å². The summed E-state index contributed by atoms with van der Waals surface area (Å²) in [5.41, 5.74) is 7.57. The van der Waals surface area contributed by atoms with Gasteiger partial charge in [0.05, 0.1) is 12.5 Å². The van der Waals surface area contributed by atoms with Crippen molar-refractivity contribution in [3.05, 3.63) is 29.2 Å². The third-order valence-corrected chi connectivity index (χ3v) is 5.70. The van der Waals surface area contributed by atoms with Crippen LogP contribution in [0.25, 0.3) is 0 Å². The summed E-state index contributed by atoms with van der Waals surface area (Å²) in [6, 6.07) is 0.291. The van der Waals surface area contributed by atoms with E-state index in [1.807, 2.05) is 6.92 Å². The van der Waals surface area contributed by atoms with Crippen molar-refractivity contribution in [2.75, 3.05) is 18.2 Å². The molecular weight excluding hydrogens is 332 g/mol. The first-order chi connectivity index (χ1) is 12.5. The normalized spacial score (nSPS) is 22.8. The second kappa shape index (κ2) is 6.19. The maximum Gasteiger partial charge on any atom is 0.316 e. The fourth-order valence-corrected chi connectivity index (χ4v) is 4.38. The van der Waals surface area contributed by atoms with E-state index in [9.17, 15) is 4.79 Å². The number of nitrogens with one attached hydrogen (secondary N) is 1. The number of nitrogens with two attached hydrogens (primary N) is 1. The molecule has 136 valence electrons. The van der Waals surface area contributed by atoms with Crippen molar-refractivity contribution >= 4 is 17.7 Å². The third-order valence-electron chi connectivity index (χ3n) is 5.70. The Hall–Kier alpha value is -2.77. The summed E-state index contributed by atoms with van der Waals surface area (Å²) in [7, 11) is 1.52. The van der Waals surface area contributed by atoms with Gasteiger partial charge in [-0.2, -0.15) is 4.98 Å². The molecule has 3 heterocycles. The largest absolute Gasteiger partial charge is 0.467 e. The van der Waals surface area contributed by atoms with E-state index in [0.29, 0.717) is 18.2 Å². The summed E-state index contributed by atoms with van der Waals surface area (Å²) in [5, 5.41) is 2.98. The van der Waals surface area contributed by atoms with Crippen molar-refractivity contribution in [3.8, 4) is 6.01 Å². The number of hydrogen-bond acceptors (Lipinski definition) is 7. The van der Waals surface area contributed by atoms with Crippen molar-refractivity contribution in [1.82, 2.24) is 19.9 Å². The lowest BCUT2D eigenvalue weighted by Gasteiger charge is -2.41. The summed E-state index contributed by atoms with van der Waals surface area (Å²) in [6.45, 7) is 1.90. The minimum Gasteiger partial charge on any atom is -0.467 e. The van der Waals surface area contributed by atoms with Crippen molar-refractivity contribution in [1.29, 1.82) is 0 Å². The van der Waals surface area contributed by atoms with Gasteiger partial charge in [0.2, 0.25) is 11.9 Å². The van der Waals surface area contributed by atoms with Crippen LogP contribution in [0.2, 0.25) is 0 Å². The third kappa shape index (κ3) is 2.48. The Balaban J connectivity index is 1.86. The Morgan fingerprint density at radius 3 is 2.58 bits per heavy atom. The van der Waals surface area contributed by atoms with Crippen molar-refractivity contribution < 1.29 is 9.53 Å². The van der Waals surface area contributed by atoms with E-state index in [2.05, 4.69) is 25.3 Å². The highest BCUT2D eigenvalue weighted by Gasteiger charge is 2.51. The van der Waals surface area contributed by atoms with Gasteiger partial charge >= 0.3 is 6.01 Å². The zero-order valence-corrected chi connectivity index (χ0v) is 15.0. The van der Waals surface area contributed by atoms with Gasteiger partial charge < -0.3 is 15.8 Å². The standard InChI is InChI=1S/C18H22N6O2/c1-10-13-7-18(11-5-3-4-6-11,12-8-20-17(26-2)21-9-12)15(25)23-14(13)24-16(19)22-10/h8-9,11H,3-7H2,1-2H3,(H3,19,22,23,24,25). The molecule has 8 heteroatoms. The van der Waals surface area contributed by atoms with Crippen LogP contribution in [0, 0.1) is 12.8 Å². The number of methoxy groups -OCH3 is 1. The van der Waals surface area contributed by atoms with Gasteiger partial charge in [-0.25, -0.2) is 15.0 Å². The summed E-state index contributed by atoms with van der Waals surface area (Å²) < 4.78 is 5.07. The molecule has 1 aliphatic carbocycles. The summed E-state index contributed by atoms with van der Waals surface area (Å²) in [5.74, 6) is 0.846. The lowest BCUT2D eigenvalue weighted by atomic mass is 9.64. The topological polar surface area (TPSA) is 116 Å². The molecule has 26 heavy (non-hydrogen) atoms. The van der Waals surface area contributed by atoms with Crippen molar-refractivity contribution in [3.63, 3.8) is 0 Å². The first kappa shape index (κ1) is 16.7. The number of nitrogen functional groups attached to an aromatic ring is 1. The molecule has 1 fully saturated rings. The number of amides is 1. The molecule has 0 aromatic carbocycles. The van der Waals surface area contributed by atoms with E-state index in [1.54, 1.807) is 12.4 Å². The van der Waals surface area contributed by atoms with Crippen LogP contribution < -0.4 is 15.8 Å². The molecule has 2 aromatic rings. The fraction of sp³-hybridized carbons (Fsp3) is 0.500. The number of rotatable bonds is 3. The predicted octanol–water partition coefficient (Wildman–Crippen LogP) is 1.79. The van der Waals surface area contributed by atoms with Gasteiger partial charge in [-0.05, 0) is 32.1 Å². The molecule has 0 bridgehead atoms. The fourth-order valence-electron chi connectivity index (χ4n) is 4.38. The molecule has 0 spiro atoms. The maximum atomic E-state index is 13.3. The summed E-state index contributed by atoms with van der Waals surface area (Å²) in [6.07, 6.45) is 8.21. The average molecular weight is 354 g/mol. The van der Waals surface area contributed by atoms with Crippen LogP contribution in [0.15, 0.2) is 12.4 Å². The monoisotopic (exact) mass is 354 g/mol. The molecule has 1 unspecified atom stereocenters. The number of aromatic nitrogens is 4. The average Bonchev–Trinajstić information content (AvgIpc) is 3.16. The molecule has 2 aromatic heterocycles. The van der Waals surface area contributed by atoms with E-state index >= 15 is 0 Å². The lowest BCUT2D eigenvalue weighted by Crippen LogP contribution is -2.51. The molecule has 1 saturated carbocycles. The zero-order valence-electron chi connectivity index (χ0n) is 15.0. The highest BCUT2D eigenvalue weighted by Crippen LogP contribution is 2.48. The highest BCUT2D eigenvalue weighted by molar-refractivity contribution is 6.02. The van der Waals surface area contributed by atoms with Gasteiger partial charge in [0, 0.05) is 29.2 Å². The molecule has 0 saturated heterocycles. The lowest BCUT2D eigenvalue weighted by molar-refractivity contribution is -0.124. The van der Waals surface area contributed by atoms with E-state index in [4.69, 9.17) is 10.5 Å². The van der Waals surface area contributed by atoms with Crippen LogP contribution in [-0.4, -0.2) is 33.0 Å². The minimum atomic E-state index is -0.722. The van der Waals surface area contributed by atoms with Gasteiger partial charge in [0.1, 0.15) is 5.82 Å². The van der Waals surface area contributed by atoms with E-state index in [-0.39, 0.29) is 17.8 Å². The molecule has 0 radical (unpaired) electrons. The SMILES string of the molecule is COc1ncc(C2(C3CCCC3)Cc3c(C)nc(N)nc3NC2=O)cn1. The van der Waals surface area contributed by atoms with Gasteiger partial charge in [-0.1, -0.05) is 12.8 Å². The Labute approximate surface area is 151 Å². The Morgan fingerprint density at radius 1 is 1.23 bits per heavy atom. The van der Waals surface area contributed by atoms with Gasteiger partial charge in [-0.15, -0.1) is 0 Å². The van der Waals surface area contributed by atoms with Crippen molar-refractivity contribution in [2.45, 2.75) is 44.4 Å². The number of aryl methyl sites for hydroxylation is 1. The minimum absolute atomic E-state index is 0.0665. The predicted molar refractivity (Wildman–Crippen MR) is 95.7 cm³/mol. The quantitative estimate of drug-likeness (QED) is 0.863.